The van der Waals surface area contributed by atoms with Crippen molar-refractivity contribution in [2.75, 3.05) is 18.6 Å². The number of carbonyl (C=O) groups is 4. The molecular formula is C16H30N4O6S. The predicted molar refractivity (Wildman–Crippen MR) is 102 cm³/mol. The van der Waals surface area contributed by atoms with Crippen molar-refractivity contribution in [2.24, 2.45) is 11.7 Å². The monoisotopic (exact) mass is 406 g/mol. The summed E-state index contributed by atoms with van der Waals surface area (Å²) < 4.78 is 0. The number of hydrogen-bond donors (Lipinski definition) is 6. The van der Waals surface area contributed by atoms with Crippen LogP contribution in [0.4, 0.5) is 0 Å². The number of thioether (sulfide) groups is 1. The fourth-order valence-electron chi connectivity index (χ4n) is 2.02. The van der Waals surface area contributed by atoms with E-state index >= 15 is 0 Å². The molecule has 4 unspecified atom stereocenters. The van der Waals surface area contributed by atoms with E-state index in [2.05, 4.69) is 16.0 Å². The highest BCUT2D eigenvalue weighted by Crippen LogP contribution is 2.05. The fraction of sp³-hybridized carbons (Fsp3) is 0.750. The summed E-state index contributed by atoms with van der Waals surface area (Å²) in [6, 6.07) is -4.17. The van der Waals surface area contributed by atoms with Crippen molar-refractivity contribution < 1.29 is 29.4 Å². The maximum atomic E-state index is 12.4. The Labute approximate surface area is 163 Å². The molecule has 156 valence electrons. The van der Waals surface area contributed by atoms with Gasteiger partial charge in [0.15, 0.2) is 0 Å². The van der Waals surface area contributed by atoms with E-state index in [0.717, 1.165) is 0 Å². The van der Waals surface area contributed by atoms with E-state index in [9.17, 15) is 19.2 Å². The van der Waals surface area contributed by atoms with Crippen molar-refractivity contribution >= 4 is 35.5 Å². The highest BCUT2D eigenvalue weighted by Gasteiger charge is 2.29. The van der Waals surface area contributed by atoms with E-state index in [4.69, 9.17) is 15.9 Å². The van der Waals surface area contributed by atoms with Crippen molar-refractivity contribution in [3.05, 3.63) is 0 Å². The predicted octanol–water partition coefficient (Wildman–Crippen LogP) is -1.73. The van der Waals surface area contributed by atoms with Crippen LogP contribution in [-0.4, -0.2) is 76.7 Å². The molecule has 0 saturated carbocycles. The molecule has 3 amide bonds. The number of amides is 3. The number of nitrogens with one attached hydrogen (secondary N) is 3. The van der Waals surface area contributed by atoms with Crippen LogP contribution in [0.2, 0.25) is 0 Å². The second-order valence-corrected chi connectivity index (χ2v) is 7.42. The summed E-state index contributed by atoms with van der Waals surface area (Å²) in [5.41, 5.74) is 5.80. The average Bonchev–Trinajstić information content (AvgIpc) is 2.60. The van der Waals surface area contributed by atoms with E-state index in [1.165, 1.54) is 6.92 Å². The standard InChI is InChI=1S/C16H30N4O6S/c1-8(2)12(20-14(23)10(17)5-6-27-4)15(24)18-9(3)13(22)19-11(7-21)16(25)26/h8-12,21H,5-7,17H2,1-4H3,(H,18,24)(H,19,22)(H,20,23)(H,25,26). The second kappa shape index (κ2) is 12.5. The number of carbonyl (C=O) groups excluding carboxylic acids is 3. The largest absolute Gasteiger partial charge is 0.480 e. The third-order valence-corrected chi connectivity index (χ3v) is 4.41. The van der Waals surface area contributed by atoms with Crippen LogP contribution < -0.4 is 21.7 Å². The number of aliphatic carboxylic acids is 1. The van der Waals surface area contributed by atoms with Crippen LogP contribution in [-0.2, 0) is 19.2 Å². The molecule has 0 bridgehead atoms. The van der Waals surface area contributed by atoms with Gasteiger partial charge in [0.1, 0.15) is 18.1 Å². The maximum Gasteiger partial charge on any atom is 0.328 e. The van der Waals surface area contributed by atoms with Gasteiger partial charge in [-0.3, -0.25) is 14.4 Å². The van der Waals surface area contributed by atoms with Crippen molar-refractivity contribution in [1.29, 1.82) is 0 Å². The number of aliphatic hydroxyl groups excluding tert-OH is 1. The zero-order valence-electron chi connectivity index (χ0n) is 16.0. The van der Waals surface area contributed by atoms with E-state index in [1.54, 1.807) is 25.6 Å². The molecule has 4 atom stereocenters. The quantitative estimate of drug-likeness (QED) is 0.222. The molecular weight excluding hydrogens is 376 g/mol. The Morgan fingerprint density at radius 1 is 1.00 bits per heavy atom. The Hall–Kier alpha value is -1.85. The van der Waals surface area contributed by atoms with Crippen molar-refractivity contribution in [1.82, 2.24) is 16.0 Å². The van der Waals surface area contributed by atoms with Gasteiger partial charge in [-0.05, 0) is 31.3 Å². The number of hydrogen-bond acceptors (Lipinski definition) is 7. The van der Waals surface area contributed by atoms with Gasteiger partial charge in [0.25, 0.3) is 0 Å². The Morgan fingerprint density at radius 3 is 2.04 bits per heavy atom. The SMILES string of the molecule is CSCCC(N)C(=O)NC(C(=O)NC(C)C(=O)NC(CO)C(=O)O)C(C)C. The lowest BCUT2D eigenvalue weighted by Crippen LogP contribution is -2.58. The second-order valence-electron chi connectivity index (χ2n) is 6.43. The van der Waals surface area contributed by atoms with Gasteiger partial charge in [0.2, 0.25) is 17.7 Å². The van der Waals surface area contributed by atoms with E-state index < -0.39 is 54.5 Å². The van der Waals surface area contributed by atoms with Gasteiger partial charge < -0.3 is 31.9 Å². The first-order valence-corrected chi connectivity index (χ1v) is 9.93. The minimum Gasteiger partial charge on any atom is -0.480 e. The molecule has 0 aliphatic rings. The Bertz CT molecular complexity index is 531. The normalized spacial score (nSPS) is 15.4. The van der Waals surface area contributed by atoms with Gasteiger partial charge in [-0.1, -0.05) is 13.8 Å². The summed E-state index contributed by atoms with van der Waals surface area (Å²) in [5, 5.41) is 24.9. The molecule has 0 aromatic heterocycles. The molecule has 27 heavy (non-hydrogen) atoms. The zero-order valence-corrected chi connectivity index (χ0v) is 16.8. The molecule has 0 aliphatic carbocycles. The summed E-state index contributed by atoms with van der Waals surface area (Å²) in [5.74, 6) is -2.76. The molecule has 0 saturated heterocycles. The van der Waals surface area contributed by atoms with Gasteiger partial charge in [0.05, 0.1) is 12.6 Å². The molecule has 0 spiro atoms. The summed E-state index contributed by atoms with van der Waals surface area (Å²) in [4.78, 5) is 47.4. The van der Waals surface area contributed by atoms with Crippen LogP contribution in [0.25, 0.3) is 0 Å². The van der Waals surface area contributed by atoms with E-state index in [0.29, 0.717) is 12.2 Å². The van der Waals surface area contributed by atoms with Gasteiger partial charge in [-0.25, -0.2) is 4.79 Å². The molecule has 0 aliphatic heterocycles. The topological polar surface area (TPSA) is 171 Å². The highest BCUT2D eigenvalue weighted by atomic mass is 32.2. The number of carboxylic acids is 1. The first-order valence-electron chi connectivity index (χ1n) is 8.54. The summed E-state index contributed by atoms with van der Waals surface area (Å²) in [7, 11) is 0. The third-order valence-electron chi connectivity index (χ3n) is 3.77. The average molecular weight is 407 g/mol. The lowest BCUT2D eigenvalue weighted by molar-refractivity contribution is -0.143. The van der Waals surface area contributed by atoms with Crippen molar-refractivity contribution in [3.8, 4) is 0 Å². The van der Waals surface area contributed by atoms with Crippen molar-refractivity contribution in [3.63, 3.8) is 0 Å². The van der Waals surface area contributed by atoms with Crippen LogP contribution in [0.1, 0.15) is 27.2 Å². The van der Waals surface area contributed by atoms with Crippen LogP contribution in [0.5, 0.6) is 0 Å². The lowest BCUT2D eigenvalue weighted by Gasteiger charge is -2.25. The number of nitrogens with two attached hydrogens (primary N) is 1. The Morgan fingerprint density at radius 2 is 1.59 bits per heavy atom. The van der Waals surface area contributed by atoms with Gasteiger partial charge >= 0.3 is 5.97 Å². The number of rotatable bonds is 12. The minimum absolute atomic E-state index is 0.263. The van der Waals surface area contributed by atoms with Crippen LogP contribution in [0, 0.1) is 5.92 Å². The molecule has 10 nitrogen and oxygen atoms in total. The van der Waals surface area contributed by atoms with Gasteiger partial charge in [-0.2, -0.15) is 11.8 Å². The summed E-state index contributed by atoms with van der Waals surface area (Å²) >= 11 is 1.56. The highest BCUT2D eigenvalue weighted by molar-refractivity contribution is 7.98. The lowest BCUT2D eigenvalue weighted by atomic mass is 10.0. The molecule has 11 heteroatoms. The Balaban J connectivity index is 4.85. The smallest absolute Gasteiger partial charge is 0.328 e. The first kappa shape index (κ1) is 25.1. The van der Waals surface area contributed by atoms with E-state index in [1.807, 2.05) is 6.26 Å². The van der Waals surface area contributed by atoms with Crippen LogP contribution in [0.3, 0.4) is 0 Å². The minimum atomic E-state index is -1.47. The van der Waals surface area contributed by atoms with Crippen LogP contribution >= 0.6 is 11.8 Å². The Kier molecular flexibility index (Phi) is 11.7. The molecule has 0 heterocycles. The summed E-state index contributed by atoms with van der Waals surface area (Å²) in [6.45, 7) is 4.05. The fourth-order valence-corrected chi connectivity index (χ4v) is 2.51. The van der Waals surface area contributed by atoms with Gasteiger partial charge in [-0.15, -0.1) is 0 Å². The number of aliphatic hydroxyl groups is 1. The molecule has 7 N–H and O–H groups in total. The molecule has 0 radical (unpaired) electrons. The molecule has 0 fully saturated rings. The molecule has 0 aromatic carbocycles. The summed E-state index contributed by atoms with van der Waals surface area (Å²) in [6.07, 6.45) is 2.36. The van der Waals surface area contributed by atoms with Gasteiger partial charge in [0, 0.05) is 0 Å². The molecule has 0 rings (SSSR count). The maximum absolute atomic E-state index is 12.4. The zero-order chi connectivity index (χ0) is 21.1. The number of carboxylic acid groups (broad SMARTS) is 1. The van der Waals surface area contributed by atoms with E-state index in [-0.39, 0.29) is 5.92 Å². The third kappa shape index (κ3) is 9.07. The molecule has 0 aromatic rings. The van der Waals surface area contributed by atoms with Crippen LogP contribution in [0.15, 0.2) is 0 Å². The first-order chi connectivity index (χ1) is 12.5. The van der Waals surface area contributed by atoms with Crippen molar-refractivity contribution in [2.45, 2.75) is 51.4 Å².